The van der Waals surface area contributed by atoms with Gasteiger partial charge in [-0.25, -0.2) is 4.79 Å². The quantitative estimate of drug-likeness (QED) is 0.782. The third-order valence-corrected chi connectivity index (χ3v) is 5.26. The molecule has 1 saturated heterocycles. The molecule has 3 rings (SSSR count). The van der Waals surface area contributed by atoms with Gasteiger partial charge in [-0.15, -0.1) is 0 Å². The van der Waals surface area contributed by atoms with E-state index in [1.807, 2.05) is 25.1 Å². The molecule has 2 amide bonds. The highest BCUT2D eigenvalue weighted by Crippen LogP contribution is 2.42. The number of fused-ring (bicyclic) bond motifs is 2. The minimum atomic E-state index is -0.870. The molecule has 2 bridgehead atoms. The number of anilines is 2. The third-order valence-electron chi connectivity index (χ3n) is 5.26. The maximum absolute atomic E-state index is 12.2. The summed E-state index contributed by atoms with van der Waals surface area (Å²) in [6.45, 7) is 4.96. The standard InChI is InChI=1S/C18H27N3O2/c1-3-18(2,23)12-19-17(22)20-15-6-4-5-7-16(15)21-11-13-8-9-14(21)10-13/h4-7,13-14,23H,3,8-12H2,1-2H3,(H2,19,20,22). The summed E-state index contributed by atoms with van der Waals surface area (Å²) in [4.78, 5) is 14.6. The van der Waals surface area contributed by atoms with E-state index in [0.717, 1.165) is 23.8 Å². The lowest BCUT2D eigenvalue weighted by Gasteiger charge is -2.31. The highest BCUT2D eigenvalue weighted by molar-refractivity contribution is 5.93. The lowest BCUT2D eigenvalue weighted by atomic mass is 10.0. The summed E-state index contributed by atoms with van der Waals surface area (Å²) < 4.78 is 0. The Morgan fingerprint density at radius 2 is 2.17 bits per heavy atom. The number of carbonyl (C=O) groups excluding carboxylic acids is 1. The molecule has 0 radical (unpaired) electrons. The van der Waals surface area contributed by atoms with Crippen molar-refractivity contribution in [1.82, 2.24) is 5.32 Å². The van der Waals surface area contributed by atoms with Gasteiger partial charge in [0.05, 0.1) is 17.0 Å². The van der Waals surface area contributed by atoms with E-state index in [9.17, 15) is 9.90 Å². The zero-order valence-corrected chi connectivity index (χ0v) is 14.0. The molecular weight excluding hydrogens is 290 g/mol. The summed E-state index contributed by atoms with van der Waals surface area (Å²) >= 11 is 0. The van der Waals surface area contributed by atoms with Crippen LogP contribution in [0.5, 0.6) is 0 Å². The molecule has 1 heterocycles. The van der Waals surface area contributed by atoms with Gasteiger partial charge in [0.15, 0.2) is 0 Å². The van der Waals surface area contributed by atoms with E-state index in [2.05, 4.69) is 21.6 Å². The Labute approximate surface area is 138 Å². The van der Waals surface area contributed by atoms with Crippen LogP contribution in [-0.4, -0.2) is 35.9 Å². The van der Waals surface area contributed by atoms with E-state index in [1.54, 1.807) is 6.92 Å². The van der Waals surface area contributed by atoms with Crippen molar-refractivity contribution in [2.75, 3.05) is 23.3 Å². The summed E-state index contributed by atoms with van der Waals surface area (Å²) in [5.41, 5.74) is 1.08. The van der Waals surface area contributed by atoms with Crippen molar-refractivity contribution >= 4 is 17.4 Å². The van der Waals surface area contributed by atoms with Gasteiger partial charge in [-0.3, -0.25) is 0 Å². The molecule has 0 aromatic heterocycles. The monoisotopic (exact) mass is 317 g/mol. The Bertz CT molecular complexity index is 573. The maximum atomic E-state index is 12.2. The number of para-hydroxylation sites is 2. The molecular formula is C18H27N3O2. The number of hydrogen-bond donors (Lipinski definition) is 3. The van der Waals surface area contributed by atoms with Crippen LogP contribution in [0.1, 0.15) is 39.5 Å². The van der Waals surface area contributed by atoms with Crippen molar-refractivity contribution in [3.8, 4) is 0 Å². The SMILES string of the molecule is CCC(C)(O)CNC(=O)Nc1ccccc1N1CC2CCC1C2. The van der Waals surface area contributed by atoms with Crippen LogP contribution in [-0.2, 0) is 0 Å². The van der Waals surface area contributed by atoms with Gasteiger partial charge >= 0.3 is 6.03 Å². The van der Waals surface area contributed by atoms with Crippen LogP contribution >= 0.6 is 0 Å². The molecule has 126 valence electrons. The number of amides is 2. The molecule has 3 atom stereocenters. The van der Waals surface area contributed by atoms with Crippen molar-refractivity contribution < 1.29 is 9.90 Å². The first kappa shape index (κ1) is 16.1. The molecule has 5 heteroatoms. The summed E-state index contributed by atoms with van der Waals surface area (Å²) in [6, 6.07) is 8.33. The first-order chi connectivity index (χ1) is 11.0. The van der Waals surface area contributed by atoms with Crippen LogP contribution in [0.25, 0.3) is 0 Å². The molecule has 1 aliphatic heterocycles. The molecule has 1 aliphatic carbocycles. The number of piperidine rings is 1. The second-order valence-corrected chi connectivity index (χ2v) is 7.16. The summed E-state index contributed by atoms with van der Waals surface area (Å²) in [5.74, 6) is 0.807. The lowest BCUT2D eigenvalue weighted by Crippen LogP contribution is -2.42. The van der Waals surface area contributed by atoms with Crippen molar-refractivity contribution in [1.29, 1.82) is 0 Å². The van der Waals surface area contributed by atoms with Crippen LogP contribution in [0.4, 0.5) is 16.2 Å². The van der Waals surface area contributed by atoms with Gasteiger partial charge in [0, 0.05) is 19.1 Å². The van der Waals surface area contributed by atoms with Crippen molar-refractivity contribution in [3.05, 3.63) is 24.3 Å². The minimum Gasteiger partial charge on any atom is -0.388 e. The van der Waals surface area contributed by atoms with Crippen LogP contribution in [0.3, 0.4) is 0 Å². The number of urea groups is 1. The Balaban J connectivity index is 1.65. The molecule has 3 unspecified atom stereocenters. The molecule has 3 N–H and O–H groups in total. The predicted molar refractivity (Wildman–Crippen MR) is 92.9 cm³/mol. The highest BCUT2D eigenvalue weighted by Gasteiger charge is 2.38. The van der Waals surface area contributed by atoms with Gasteiger partial charge in [0.2, 0.25) is 0 Å². The van der Waals surface area contributed by atoms with Crippen LogP contribution in [0.2, 0.25) is 0 Å². The number of carbonyl (C=O) groups is 1. The zero-order chi connectivity index (χ0) is 16.4. The van der Waals surface area contributed by atoms with Gasteiger partial charge in [0.25, 0.3) is 0 Å². The maximum Gasteiger partial charge on any atom is 0.319 e. The fourth-order valence-corrected chi connectivity index (χ4v) is 3.61. The van der Waals surface area contributed by atoms with E-state index < -0.39 is 5.60 Å². The van der Waals surface area contributed by atoms with Crippen molar-refractivity contribution in [3.63, 3.8) is 0 Å². The fraction of sp³-hybridized carbons (Fsp3) is 0.611. The second-order valence-electron chi connectivity index (χ2n) is 7.16. The molecule has 5 nitrogen and oxygen atoms in total. The van der Waals surface area contributed by atoms with Crippen LogP contribution < -0.4 is 15.5 Å². The first-order valence-electron chi connectivity index (χ1n) is 8.61. The van der Waals surface area contributed by atoms with Gasteiger partial charge in [-0.05, 0) is 50.7 Å². The van der Waals surface area contributed by atoms with Gasteiger partial charge < -0.3 is 20.6 Å². The van der Waals surface area contributed by atoms with E-state index in [4.69, 9.17) is 0 Å². The molecule has 2 fully saturated rings. The average molecular weight is 317 g/mol. The number of nitrogens with one attached hydrogen (secondary N) is 2. The number of aliphatic hydroxyl groups is 1. The lowest BCUT2D eigenvalue weighted by molar-refractivity contribution is 0.0587. The van der Waals surface area contributed by atoms with Gasteiger partial charge in [-0.1, -0.05) is 19.1 Å². The van der Waals surface area contributed by atoms with Crippen molar-refractivity contribution in [2.45, 2.75) is 51.2 Å². The highest BCUT2D eigenvalue weighted by atomic mass is 16.3. The van der Waals surface area contributed by atoms with Crippen LogP contribution in [0, 0.1) is 5.92 Å². The number of rotatable bonds is 5. The topological polar surface area (TPSA) is 64.6 Å². The normalized spacial score (nSPS) is 25.3. The molecule has 1 aromatic rings. The minimum absolute atomic E-state index is 0.242. The smallest absolute Gasteiger partial charge is 0.319 e. The molecule has 23 heavy (non-hydrogen) atoms. The molecule has 2 aliphatic rings. The van der Waals surface area contributed by atoms with Crippen molar-refractivity contribution in [2.24, 2.45) is 5.92 Å². The second kappa shape index (κ2) is 6.40. The van der Waals surface area contributed by atoms with E-state index in [0.29, 0.717) is 12.5 Å². The molecule has 0 spiro atoms. The summed E-state index contributed by atoms with van der Waals surface area (Å²) in [7, 11) is 0. The van der Waals surface area contributed by atoms with E-state index in [1.165, 1.54) is 19.3 Å². The summed E-state index contributed by atoms with van der Waals surface area (Å²) in [5, 5.41) is 15.7. The number of nitrogens with zero attached hydrogens (tertiary/aromatic N) is 1. The molecule has 1 saturated carbocycles. The van der Waals surface area contributed by atoms with Gasteiger partial charge in [-0.2, -0.15) is 0 Å². The zero-order valence-electron chi connectivity index (χ0n) is 14.0. The largest absolute Gasteiger partial charge is 0.388 e. The third kappa shape index (κ3) is 3.61. The van der Waals surface area contributed by atoms with E-state index in [-0.39, 0.29) is 12.6 Å². The Kier molecular flexibility index (Phi) is 4.48. The summed E-state index contributed by atoms with van der Waals surface area (Å²) in [6.07, 6.45) is 4.47. The number of hydrogen-bond acceptors (Lipinski definition) is 3. The number of benzene rings is 1. The van der Waals surface area contributed by atoms with Gasteiger partial charge in [0.1, 0.15) is 0 Å². The van der Waals surface area contributed by atoms with E-state index >= 15 is 0 Å². The Morgan fingerprint density at radius 3 is 2.83 bits per heavy atom. The first-order valence-corrected chi connectivity index (χ1v) is 8.61. The fourth-order valence-electron chi connectivity index (χ4n) is 3.61. The predicted octanol–water partition coefficient (Wildman–Crippen LogP) is 2.96. The molecule has 1 aromatic carbocycles. The average Bonchev–Trinajstić information content (AvgIpc) is 3.17. The van der Waals surface area contributed by atoms with Crippen LogP contribution in [0.15, 0.2) is 24.3 Å². The Hall–Kier alpha value is -1.75. The Morgan fingerprint density at radius 1 is 1.39 bits per heavy atom.